The fourth-order valence-electron chi connectivity index (χ4n) is 2.74. The van der Waals surface area contributed by atoms with E-state index in [1.54, 1.807) is 0 Å². The number of rotatable bonds is 8. The summed E-state index contributed by atoms with van der Waals surface area (Å²) < 4.78 is 5.39. The highest BCUT2D eigenvalue weighted by atomic mass is 16.4. The third kappa shape index (κ3) is 3.87. The zero-order valence-corrected chi connectivity index (χ0v) is 12.9. The normalized spacial score (nSPS) is 11.1. The molecule has 1 aromatic heterocycles. The second-order valence-corrected chi connectivity index (χ2v) is 5.71. The summed E-state index contributed by atoms with van der Waals surface area (Å²) in [6.07, 6.45) is 8.76. The minimum atomic E-state index is -0.999. The van der Waals surface area contributed by atoms with E-state index in [2.05, 4.69) is 13.0 Å². The molecule has 21 heavy (non-hydrogen) atoms. The van der Waals surface area contributed by atoms with E-state index in [0.717, 1.165) is 17.4 Å². The summed E-state index contributed by atoms with van der Waals surface area (Å²) in [7, 11) is 0. The van der Waals surface area contributed by atoms with Crippen LogP contribution in [0.1, 0.15) is 67.1 Å². The largest absolute Gasteiger partial charge is 0.475 e. The first-order chi connectivity index (χ1) is 10.1. The van der Waals surface area contributed by atoms with Gasteiger partial charge in [0.1, 0.15) is 5.58 Å². The molecule has 114 valence electrons. The molecule has 0 saturated heterocycles. The second-order valence-electron chi connectivity index (χ2n) is 5.71. The highest BCUT2D eigenvalue weighted by molar-refractivity contribution is 5.95. The average Bonchev–Trinajstić information content (AvgIpc) is 2.80. The van der Waals surface area contributed by atoms with Gasteiger partial charge in [0.2, 0.25) is 5.76 Å². The highest BCUT2D eigenvalue weighted by Gasteiger charge is 2.16. The first-order valence-corrected chi connectivity index (χ1v) is 7.88. The van der Waals surface area contributed by atoms with E-state index in [9.17, 15) is 4.79 Å². The standard InChI is InChI=1S/C18H24O3/c1-3-4-5-6-7-8-9-14-10-11-16-15(12-14)13(2)17(21-16)18(19)20/h10-12H,3-9H2,1-2H3,(H,19,20). The third-order valence-electron chi connectivity index (χ3n) is 4.01. The van der Waals surface area contributed by atoms with Crippen molar-refractivity contribution in [1.29, 1.82) is 0 Å². The van der Waals surface area contributed by atoms with E-state index in [-0.39, 0.29) is 5.76 Å². The maximum atomic E-state index is 11.1. The highest BCUT2D eigenvalue weighted by Crippen LogP contribution is 2.26. The topological polar surface area (TPSA) is 50.4 Å². The number of fused-ring (bicyclic) bond motifs is 1. The van der Waals surface area contributed by atoms with Crippen LogP contribution >= 0.6 is 0 Å². The Labute approximate surface area is 126 Å². The van der Waals surface area contributed by atoms with Gasteiger partial charge in [-0.3, -0.25) is 0 Å². The quantitative estimate of drug-likeness (QED) is 0.667. The Bertz CT molecular complexity index is 610. The Balaban J connectivity index is 1.99. The average molecular weight is 288 g/mol. The summed E-state index contributed by atoms with van der Waals surface area (Å²) in [5.74, 6) is -0.942. The Morgan fingerprint density at radius 1 is 1.14 bits per heavy atom. The van der Waals surface area contributed by atoms with Crippen molar-refractivity contribution < 1.29 is 14.3 Å². The van der Waals surface area contributed by atoms with Crippen molar-refractivity contribution in [2.24, 2.45) is 0 Å². The lowest BCUT2D eigenvalue weighted by Crippen LogP contribution is -1.95. The van der Waals surface area contributed by atoms with Crippen LogP contribution in [0.5, 0.6) is 0 Å². The van der Waals surface area contributed by atoms with Gasteiger partial charge in [0.15, 0.2) is 0 Å². The van der Waals surface area contributed by atoms with E-state index in [1.165, 1.54) is 44.1 Å². The molecule has 0 unspecified atom stereocenters. The molecule has 0 amide bonds. The summed E-state index contributed by atoms with van der Waals surface area (Å²) >= 11 is 0. The van der Waals surface area contributed by atoms with Gasteiger partial charge in [0.05, 0.1) is 0 Å². The minimum absolute atomic E-state index is 0.0571. The van der Waals surface area contributed by atoms with Crippen LogP contribution in [-0.2, 0) is 6.42 Å². The van der Waals surface area contributed by atoms with E-state index in [1.807, 2.05) is 19.1 Å². The molecule has 3 nitrogen and oxygen atoms in total. The minimum Gasteiger partial charge on any atom is -0.475 e. The molecule has 0 bridgehead atoms. The van der Waals surface area contributed by atoms with E-state index < -0.39 is 5.97 Å². The number of carboxylic acids is 1. The molecule has 0 spiro atoms. The van der Waals surface area contributed by atoms with Crippen LogP contribution in [0.2, 0.25) is 0 Å². The second kappa shape index (κ2) is 7.30. The molecular formula is C18H24O3. The number of aromatic carboxylic acids is 1. The van der Waals surface area contributed by atoms with Crippen molar-refractivity contribution >= 4 is 16.9 Å². The number of hydrogen-bond acceptors (Lipinski definition) is 2. The Kier molecular flexibility index (Phi) is 5.43. The first-order valence-electron chi connectivity index (χ1n) is 7.88. The Morgan fingerprint density at radius 3 is 2.57 bits per heavy atom. The fourth-order valence-corrected chi connectivity index (χ4v) is 2.74. The van der Waals surface area contributed by atoms with Crippen molar-refractivity contribution in [1.82, 2.24) is 0 Å². The van der Waals surface area contributed by atoms with Crippen LogP contribution in [0.4, 0.5) is 0 Å². The van der Waals surface area contributed by atoms with E-state index in [0.29, 0.717) is 5.58 Å². The summed E-state index contributed by atoms with van der Waals surface area (Å²) in [5.41, 5.74) is 2.65. The number of hydrogen-bond donors (Lipinski definition) is 1. The van der Waals surface area contributed by atoms with Gasteiger partial charge in [0.25, 0.3) is 0 Å². The van der Waals surface area contributed by atoms with Crippen LogP contribution in [0.3, 0.4) is 0 Å². The number of carboxylic acid groups (broad SMARTS) is 1. The van der Waals surface area contributed by atoms with Gasteiger partial charge in [0, 0.05) is 10.9 Å². The molecule has 0 atom stereocenters. The molecule has 2 rings (SSSR count). The maximum Gasteiger partial charge on any atom is 0.372 e. The van der Waals surface area contributed by atoms with E-state index >= 15 is 0 Å². The molecule has 0 radical (unpaired) electrons. The summed E-state index contributed by atoms with van der Waals surface area (Å²) in [6, 6.07) is 6.01. The molecule has 0 aliphatic rings. The van der Waals surface area contributed by atoms with Gasteiger partial charge in [-0.05, 0) is 37.5 Å². The van der Waals surface area contributed by atoms with Gasteiger partial charge in [-0.15, -0.1) is 0 Å². The lowest BCUT2D eigenvalue weighted by Gasteiger charge is -2.02. The molecule has 1 N–H and O–H groups in total. The number of benzene rings is 1. The Morgan fingerprint density at radius 2 is 1.86 bits per heavy atom. The molecule has 2 aromatic rings. The monoisotopic (exact) mass is 288 g/mol. The molecule has 1 aromatic carbocycles. The van der Waals surface area contributed by atoms with Gasteiger partial charge in [-0.2, -0.15) is 0 Å². The molecule has 1 heterocycles. The predicted octanol–water partition coefficient (Wildman–Crippen LogP) is 5.34. The van der Waals surface area contributed by atoms with Crippen LogP contribution in [0.15, 0.2) is 22.6 Å². The van der Waals surface area contributed by atoms with Crippen molar-refractivity contribution in [3.63, 3.8) is 0 Å². The van der Waals surface area contributed by atoms with Gasteiger partial charge < -0.3 is 9.52 Å². The molecule has 0 fully saturated rings. The summed E-state index contributed by atoms with van der Waals surface area (Å²) in [4.78, 5) is 11.1. The molecule has 3 heteroatoms. The van der Waals surface area contributed by atoms with Crippen molar-refractivity contribution in [3.05, 3.63) is 35.1 Å². The smallest absolute Gasteiger partial charge is 0.372 e. The molecule has 0 saturated carbocycles. The van der Waals surface area contributed by atoms with Crippen LogP contribution in [0.25, 0.3) is 11.0 Å². The summed E-state index contributed by atoms with van der Waals surface area (Å²) in [6.45, 7) is 4.04. The van der Waals surface area contributed by atoms with E-state index in [4.69, 9.17) is 9.52 Å². The lowest BCUT2D eigenvalue weighted by molar-refractivity contribution is 0.0664. The van der Waals surface area contributed by atoms with Crippen molar-refractivity contribution in [2.75, 3.05) is 0 Å². The molecule has 0 aliphatic carbocycles. The number of aryl methyl sites for hydroxylation is 2. The number of unbranched alkanes of at least 4 members (excludes halogenated alkanes) is 5. The Hall–Kier alpha value is -1.77. The molecule has 0 aliphatic heterocycles. The lowest BCUT2D eigenvalue weighted by atomic mass is 10.0. The predicted molar refractivity (Wildman–Crippen MR) is 85.0 cm³/mol. The SMILES string of the molecule is CCCCCCCCc1ccc2oc(C(=O)O)c(C)c2c1. The van der Waals surface area contributed by atoms with Crippen LogP contribution in [0, 0.1) is 6.92 Å². The van der Waals surface area contributed by atoms with Crippen LogP contribution in [-0.4, -0.2) is 11.1 Å². The molecular weight excluding hydrogens is 264 g/mol. The zero-order chi connectivity index (χ0) is 15.2. The van der Waals surface area contributed by atoms with Gasteiger partial charge in [-0.25, -0.2) is 4.79 Å². The van der Waals surface area contributed by atoms with Crippen LogP contribution < -0.4 is 0 Å². The third-order valence-corrected chi connectivity index (χ3v) is 4.01. The first kappa shape index (κ1) is 15.6. The number of furan rings is 1. The number of carbonyl (C=O) groups is 1. The maximum absolute atomic E-state index is 11.1. The fraction of sp³-hybridized carbons (Fsp3) is 0.500. The van der Waals surface area contributed by atoms with Gasteiger partial charge in [-0.1, -0.05) is 45.1 Å². The summed E-state index contributed by atoms with van der Waals surface area (Å²) in [5, 5.41) is 10.0. The van der Waals surface area contributed by atoms with Gasteiger partial charge >= 0.3 is 5.97 Å². The zero-order valence-electron chi connectivity index (χ0n) is 12.9. The van der Waals surface area contributed by atoms with Crippen molar-refractivity contribution in [2.45, 2.75) is 58.8 Å². The van der Waals surface area contributed by atoms with Crippen molar-refractivity contribution in [3.8, 4) is 0 Å².